The number of carbonyl (C=O) groups excluding carboxylic acids is 1. The van der Waals surface area contributed by atoms with Crippen LogP contribution in [0.1, 0.15) is 11.3 Å². The molecule has 2 heterocycles. The van der Waals surface area contributed by atoms with Gasteiger partial charge in [0.2, 0.25) is 5.91 Å². The Morgan fingerprint density at radius 1 is 1.17 bits per heavy atom. The molecule has 0 radical (unpaired) electrons. The van der Waals surface area contributed by atoms with Crippen molar-refractivity contribution in [3.05, 3.63) is 69.2 Å². The van der Waals surface area contributed by atoms with Crippen LogP contribution in [0.2, 0.25) is 5.15 Å². The summed E-state index contributed by atoms with van der Waals surface area (Å²) in [5.74, 6) is 0.243. The molecule has 8 nitrogen and oxygen atoms in total. The molecule has 1 amide bonds. The molecule has 3 N–H and O–H groups in total. The van der Waals surface area contributed by atoms with E-state index in [4.69, 9.17) is 17.3 Å². The SMILES string of the molecule is Cc1nc(N)ccc1CNC(=O)Cn1c(-c2ccccc2)c(Cl)nc(N(C)C)c1=O. The van der Waals surface area contributed by atoms with Crippen molar-refractivity contribution in [2.24, 2.45) is 0 Å². The van der Waals surface area contributed by atoms with Crippen LogP contribution in [0, 0.1) is 6.92 Å². The van der Waals surface area contributed by atoms with Crippen LogP contribution in [0.25, 0.3) is 11.3 Å². The van der Waals surface area contributed by atoms with Gasteiger partial charge in [-0.05, 0) is 18.6 Å². The molecule has 0 saturated carbocycles. The number of nitrogen functional groups attached to an aromatic ring is 1. The van der Waals surface area contributed by atoms with Gasteiger partial charge < -0.3 is 16.0 Å². The zero-order valence-corrected chi connectivity index (χ0v) is 17.8. The first-order valence-corrected chi connectivity index (χ1v) is 9.67. The maximum atomic E-state index is 13.1. The van der Waals surface area contributed by atoms with Crippen molar-refractivity contribution in [2.45, 2.75) is 20.0 Å². The van der Waals surface area contributed by atoms with Gasteiger partial charge in [0.15, 0.2) is 11.0 Å². The minimum Gasteiger partial charge on any atom is -0.384 e. The Labute approximate surface area is 179 Å². The van der Waals surface area contributed by atoms with E-state index in [1.165, 1.54) is 4.57 Å². The summed E-state index contributed by atoms with van der Waals surface area (Å²) < 4.78 is 1.35. The lowest BCUT2D eigenvalue weighted by Gasteiger charge is -2.18. The van der Waals surface area contributed by atoms with E-state index in [9.17, 15) is 9.59 Å². The first-order chi connectivity index (χ1) is 14.3. The quantitative estimate of drug-likeness (QED) is 0.626. The smallest absolute Gasteiger partial charge is 0.294 e. The Balaban J connectivity index is 1.93. The van der Waals surface area contributed by atoms with Gasteiger partial charge in [-0.1, -0.05) is 48.0 Å². The van der Waals surface area contributed by atoms with E-state index < -0.39 is 5.56 Å². The summed E-state index contributed by atoms with van der Waals surface area (Å²) in [6.07, 6.45) is 0. The van der Waals surface area contributed by atoms with Gasteiger partial charge in [0, 0.05) is 31.9 Å². The van der Waals surface area contributed by atoms with Crippen molar-refractivity contribution in [3.63, 3.8) is 0 Å². The number of nitrogens with zero attached hydrogens (tertiary/aromatic N) is 4. The molecule has 0 atom stereocenters. The number of hydrogen-bond donors (Lipinski definition) is 2. The van der Waals surface area contributed by atoms with E-state index >= 15 is 0 Å². The lowest BCUT2D eigenvalue weighted by atomic mass is 10.1. The fourth-order valence-corrected chi connectivity index (χ4v) is 3.32. The minimum absolute atomic E-state index is 0.149. The third kappa shape index (κ3) is 4.60. The Morgan fingerprint density at radius 3 is 2.50 bits per heavy atom. The summed E-state index contributed by atoms with van der Waals surface area (Å²) in [7, 11) is 3.40. The van der Waals surface area contributed by atoms with E-state index in [2.05, 4.69) is 15.3 Å². The van der Waals surface area contributed by atoms with Crippen molar-refractivity contribution in [2.75, 3.05) is 24.7 Å². The van der Waals surface area contributed by atoms with Crippen molar-refractivity contribution in [1.29, 1.82) is 0 Å². The van der Waals surface area contributed by atoms with E-state index in [1.807, 2.05) is 43.3 Å². The molecule has 30 heavy (non-hydrogen) atoms. The molecule has 0 fully saturated rings. The van der Waals surface area contributed by atoms with Crippen LogP contribution in [0.15, 0.2) is 47.3 Å². The molecular formula is C21H23ClN6O2. The standard InChI is InChI=1S/C21H23ClN6O2/c1-13-15(9-10-16(23)25-13)11-24-17(29)12-28-18(14-7-5-4-6-8-14)19(22)26-20(21(28)30)27(2)3/h4-10H,11-12H2,1-3H3,(H2,23,25)(H,24,29). The summed E-state index contributed by atoms with van der Waals surface area (Å²) >= 11 is 6.43. The normalized spacial score (nSPS) is 10.7. The number of hydrogen-bond acceptors (Lipinski definition) is 6. The number of nitrogens with two attached hydrogens (primary N) is 1. The molecule has 0 saturated heterocycles. The van der Waals surface area contributed by atoms with Gasteiger partial charge in [-0.2, -0.15) is 0 Å². The van der Waals surface area contributed by atoms with Crippen LogP contribution >= 0.6 is 11.6 Å². The molecule has 2 aromatic heterocycles. The minimum atomic E-state index is -0.399. The number of aromatic nitrogens is 3. The van der Waals surface area contributed by atoms with Crippen LogP contribution in [0.4, 0.5) is 11.6 Å². The van der Waals surface area contributed by atoms with Crippen molar-refractivity contribution in [3.8, 4) is 11.3 Å². The number of amides is 1. The number of anilines is 2. The lowest BCUT2D eigenvalue weighted by molar-refractivity contribution is -0.121. The number of halogens is 1. The molecular weight excluding hydrogens is 404 g/mol. The first kappa shape index (κ1) is 21.3. The first-order valence-electron chi connectivity index (χ1n) is 9.29. The molecule has 9 heteroatoms. The largest absolute Gasteiger partial charge is 0.384 e. The highest BCUT2D eigenvalue weighted by molar-refractivity contribution is 6.32. The average Bonchev–Trinajstić information content (AvgIpc) is 2.70. The summed E-state index contributed by atoms with van der Waals surface area (Å²) in [5.41, 5.74) is 7.94. The van der Waals surface area contributed by atoms with Gasteiger partial charge in [-0.25, -0.2) is 9.97 Å². The predicted molar refractivity (Wildman–Crippen MR) is 119 cm³/mol. The summed E-state index contributed by atoms with van der Waals surface area (Å²) in [6, 6.07) is 12.6. The van der Waals surface area contributed by atoms with Crippen LogP contribution in [0.5, 0.6) is 0 Å². The van der Waals surface area contributed by atoms with Crippen LogP contribution in [0.3, 0.4) is 0 Å². The number of benzene rings is 1. The molecule has 0 unspecified atom stereocenters. The Bertz CT molecular complexity index is 1130. The van der Waals surface area contributed by atoms with Gasteiger partial charge in [-0.3, -0.25) is 14.2 Å². The molecule has 3 aromatic rings. The van der Waals surface area contributed by atoms with Gasteiger partial charge in [0.05, 0.1) is 5.69 Å². The second kappa shape index (κ2) is 8.96. The molecule has 1 aromatic carbocycles. The average molecular weight is 427 g/mol. The van der Waals surface area contributed by atoms with Gasteiger partial charge in [-0.15, -0.1) is 0 Å². The predicted octanol–water partition coefficient (Wildman–Crippen LogP) is 2.23. The molecule has 3 rings (SSSR count). The van der Waals surface area contributed by atoms with E-state index in [0.29, 0.717) is 17.1 Å². The van der Waals surface area contributed by atoms with E-state index in [-0.39, 0.29) is 30.0 Å². The monoisotopic (exact) mass is 426 g/mol. The second-order valence-electron chi connectivity index (χ2n) is 6.98. The van der Waals surface area contributed by atoms with Crippen LogP contribution in [-0.4, -0.2) is 34.5 Å². The van der Waals surface area contributed by atoms with Crippen molar-refractivity contribution >= 4 is 29.1 Å². The summed E-state index contributed by atoms with van der Waals surface area (Å²) in [6.45, 7) is 1.89. The van der Waals surface area contributed by atoms with E-state index in [1.54, 1.807) is 25.1 Å². The number of carbonyl (C=O) groups is 1. The molecule has 0 spiro atoms. The number of rotatable bonds is 6. The summed E-state index contributed by atoms with van der Waals surface area (Å²) in [4.78, 5) is 35.7. The molecule has 0 aliphatic rings. The van der Waals surface area contributed by atoms with Gasteiger partial charge in [0.1, 0.15) is 12.4 Å². The van der Waals surface area contributed by atoms with E-state index in [0.717, 1.165) is 11.3 Å². The molecule has 156 valence electrons. The number of pyridine rings is 1. The molecule has 0 bridgehead atoms. The highest BCUT2D eigenvalue weighted by Gasteiger charge is 2.20. The topological polar surface area (TPSA) is 106 Å². The van der Waals surface area contributed by atoms with Gasteiger partial charge >= 0.3 is 0 Å². The number of aryl methyl sites for hydroxylation is 1. The second-order valence-corrected chi connectivity index (χ2v) is 7.34. The Morgan fingerprint density at radius 2 is 1.87 bits per heavy atom. The Kier molecular flexibility index (Phi) is 6.37. The maximum absolute atomic E-state index is 13.1. The molecule has 0 aliphatic heterocycles. The molecule has 0 aliphatic carbocycles. The zero-order valence-electron chi connectivity index (χ0n) is 17.0. The third-order valence-electron chi connectivity index (χ3n) is 4.57. The summed E-state index contributed by atoms with van der Waals surface area (Å²) in [5, 5.41) is 2.97. The third-order valence-corrected chi connectivity index (χ3v) is 4.83. The van der Waals surface area contributed by atoms with Crippen molar-refractivity contribution in [1.82, 2.24) is 19.9 Å². The van der Waals surface area contributed by atoms with Crippen LogP contribution < -0.4 is 21.5 Å². The maximum Gasteiger partial charge on any atom is 0.294 e. The highest BCUT2D eigenvalue weighted by atomic mass is 35.5. The Hall–Kier alpha value is -3.39. The van der Waals surface area contributed by atoms with Gasteiger partial charge in [0.25, 0.3) is 5.56 Å². The lowest BCUT2D eigenvalue weighted by Crippen LogP contribution is -2.36. The zero-order chi connectivity index (χ0) is 21.8. The van der Waals surface area contributed by atoms with Crippen molar-refractivity contribution < 1.29 is 4.79 Å². The highest BCUT2D eigenvalue weighted by Crippen LogP contribution is 2.26. The fourth-order valence-electron chi connectivity index (χ4n) is 3.03. The number of nitrogens with one attached hydrogen (secondary N) is 1. The van der Waals surface area contributed by atoms with Crippen LogP contribution in [-0.2, 0) is 17.9 Å². The fraction of sp³-hybridized carbons (Fsp3) is 0.238.